The van der Waals surface area contributed by atoms with Crippen molar-refractivity contribution in [3.63, 3.8) is 0 Å². The first kappa shape index (κ1) is 22.0. The third-order valence-electron chi connectivity index (χ3n) is 5.41. The molecule has 2 atom stereocenters. The van der Waals surface area contributed by atoms with E-state index in [4.69, 9.17) is 51.4 Å². The van der Waals surface area contributed by atoms with Crippen LogP contribution in [0.3, 0.4) is 0 Å². The molecule has 2 aromatic heterocycles. The van der Waals surface area contributed by atoms with E-state index in [-0.39, 0.29) is 11.8 Å². The zero-order chi connectivity index (χ0) is 23.1. The van der Waals surface area contributed by atoms with E-state index < -0.39 is 6.04 Å². The number of hydrogen-bond donors (Lipinski definition) is 2. The predicted molar refractivity (Wildman–Crippen MR) is 135 cm³/mol. The zero-order valence-electron chi connectivity index (χ0n) is 16.9. The Morgan fingerprint density at radius 2 is 1.76 bits per heavy atom. The van der Waals surface area contributed by atoms with Crippen molar-refractivity contribution in [2.75, 3.05) is 4.90 Å². The van der Waals surface area contributed by atoms with Crippen molar-refractivity contribution in [1.82, 2.24) is 10.3 Å². The van der Waals surface area contributed by atoms with Crippen molar-refractivity contribution in [1.29, 1.82) is 0 Å². The number of furan rings is 1. The normalized spacial score (nSPS) is 17.9. The molecule has 0 radical (unpaired) electrons. The summed E-state index contributed by atoms with van der Waals surface area (Å²) in [4.78, 5) is 6.31. The zero-order valence-corrected chi connectivity index (χ0v) is 20.0. The first-order valence-electron chi connectivity index (χ1n) is 9.96. The largest absolute Gasteiger partial charge is 0.506 e. The monoisotopic (exact) mass is 515 g/mol. The topological polar surface area (TPSA) is 61.5 Å². The number of aromatic nitrogens is 1. The molecule has 0 saturated carbocycles. The minimum absolute atomic E-state index is 0.0442. The fourth-order valence-corrected chi connectivity index (χ4v) is 4.95. The van der Waals surface area contributed by atoms with Gasteiger partial charge in [-0.15, -0.1) is 0 Å². The van der Waals surface area contributed by atoms with Crippen LogP contribution in [0.2, 0.25) is 15.1 Å². The van der Waals surface area contributed by atoms with Gasteiger partial charge in [0.2, 0.25) is 0 Å². The van der Waals surface area contributed by atoms with Gasteiger partial charge in [-0.05, 0) is 72.9 Å². The van der Waals surface area contributed by atoms with Crippen molar-refractivity contribution in [2.24, 2.45) is 0 Å². The van der Waals surface area contributed by atoms with Gasteiger partial charge in [-0.25, -0.2) is 0 Å². The van der Waals surface area contributed by atoms with Gasteiger partial charge in [0.15, 0.2) is 5.11 Å². The number of benzene rings is 2. The van der Waals surface area contributed by atoms with Crippen LogP contribution < -0.4 is 10.2 Å². The van der Waals surface area contributed by atoms with Gasteiger partial charge in [0.25, 0.3) is 0 Å². The molecule has 33 heavy (non-hydrogen) atoms. The van der Waals surface area contributed by atoms with Crippen LogP contribution >= 0.6 is 47.0 Å². The van der Waals surface area contributed by atoms with E-state index in [0.29, 0.717) is 43.0 Å². The van der Waals surface area contributed by atoms with Gasteiger partial charge >= 0.3 is 0 Å². The fourth-order valence-electron chi connectivity index (χ4n) is 3.94. The minimum atomic E-state index is -0.448. The van der Waals surface area contributed by atoms with Crippen molar-refractivity contribution < 1.29 is 9.52 Å². The van der Waals surface area contributed by atoms with Crippen molar-refractivity contribution in [3.8, 4) is 17.1 Å². The van der Waals surface area contributed by atoms with Gasteiger partial charge in [-0.3, -0.25) is 4.98 Å². The molecule has 0 bridgehead atoms. The molecule has 0 amide bonds. The Balaban J connectivity index is 1.63. The molecule has 4 aromatic rings. The SMILES string of the molecule is Oc1ccc(Cl)cc1N1C(=S)N[C@H](c2ccccn2)[C@@H]1c1ccc(-c2ccc(Cl)cc2Cl)o1. The van der Waals surface area contributed by atoms with Gasteiger partial charge in [-0.2, -0.15) is 0 Å². The molecule has 2 aromatic carbocycles. The molecule has 1 saturated heterocycles. The molecule has 9 heteroatoms. The highest BCUT2D eigenvalue weighted by atomic mass is 35.5. The highest BCUT2D eigenvalue weighted by Crippen LogP contribution is 2.46. The second-order valence-electron chi connectivity index (χ2n) is 7.46. The Morgan fingerprint density at radius 1 is 0.970 bits per heavy atom. The summed E-state index contributed by atoms with van der Waals surface area (Å²) >= 11 is 24.4. The van der Waals surface area contributed by atoms with E-state index in [9.17, 15) is 5.11 Å². The lowest BCUT2D eigenvalue weighted by Crippen LogP contribution is -2.29. The number of phenolic OH excluding ortho intramolecular Hbond substituents is 1. The average Bonchev–Trinajstić information content (AvgIpc) is 3.40. The number of thiocarbonyl (C=S) groups is 1. The standard InChI is InChI=1S/C24H16Cl3N3O2S/c25-13-4-6-15(16(27)11-13)20-8-9-21(32-20)23-22(17-3-1-2-10-28-17)29-24(33)30(23)18-12-14(26)5-7-19(18)31/h1-12,22-23,31H,(H,29,33)/t22-,23+/m1/s1. The third-order valence-corrected chi connectivity index (χ3v) is 6.51. The van der Waals surface area contributed by atoms with Crippen LogP contribution in [-0.4, -0.2) is 15.2 Å². The van der Waals surface area contributed by atoms with Crippen molar-refractivity contribution in [3.05, 3.63) is 99.4 Å². The Kier molecular flexibility index (Phi) is 5.93. The summed E-state index contributed by atoms with van der Waals surface area (Å²) in [5.41, 5.74) is 1.95. The molecule has 2 N–H and O–H groups in total. The number of phenols is 1. The molecule has 1 fully saturated rings. The molecule has 1 aliphatic heterocycles. The Labute approximate surface area is 210 Å². The number of nitrogens with zero attached hydrogens (tertiary/aromatic N) is 2. The Hall–Kier alpha value is -2.77. The number of rotatable bonds is 4. The van der Waals surface area contributed by atoms with E-state index in [0.717, 1.165) is 5.69 Å². The first-order chi connectivity index (χ1) is 15.9. The third kappa shape index (κ3) is 4.15. The maximum absolute atomic E-state index is 10.6. The van der Waals surface area contributed by atoms with Crippen LogP contribution in [0.25, 0.3) is 11.3 Å². The van der Waals surface area contributed by atoms with Gasteiger partial charge in [0.1, 0.15) is 23.3 Å². The first-order valence-corrected chi connectivity index (χ1v) is 11.5. The minimum Gasteiger partial charge on any atom is -0.506 e. The maximum Gasteiger partial charge on any atom is 0.174 e. The lowest BCUT2D eigenvalue weighted by Gasteiger charge is -2.26. The van der Waals surface area contributed by atoms with E-state index >= 15 is 0 Å². The van der Waals surface area contributed by atoms with Gasteiger partial charge in [-0.1, -0.05) is 40.9 Å². The molecule has 1 aliphatic rings. The summed E-state index contributed by atoms with van der Waals surface area (Å²) in [6.07, 6.45) is 1.72. The predicted octanol–water partition coefficient (Wildman–Crippen LogP) is 7.18. The molecule has 0 spiro atoms. The second-order valence-corrected chi connectivity index (χ2v) is 9.12. The molecule has 166 valence electrons. The van der Waals surface area contributed by atoms with Crippen LogP contribution in [0.15, 0.2) is 77.3 Å². The molecule has 0 unspecified atom stereocenters. The van der Waals surface area contributed by atoms with Crippen LogP contribution in [0, 0.1) is 0 Å². The van der Waals surface area contributed by atoms with E-state index in [1.54, 1.807) is 35.4 Å². The second kappa shape index (κ2) is 8.88. The van der Waals surface area contributed by atoms with E-state index in [1.807, 2.05) is 36.4 Å². The highest BCUT2D eigenvalue weighted by molar-refractivity contribution is 7.80. The quantitative estimate of drug-likeness (QED) is 0.280. The van der Waals surface area contributed by atoms with Gasteiger partial charge in [0.05, 0.1) is 22.4 Å². The van der Waals surface area contributed by atoms with Crippen LogP contribution in [0.5, 0.6) is 5.75 Å². The summed E-state index contributed by atoms with van der Waals surface area (Å²) in [7, 11) is 0. The van der Waals surface area contributed by atoms with Gasteiger partial charge < -0.3 is 19.7 Å². The summed E-state index contributed by atoms with van der Waals surface area (Å²) in [5, 5.41) is 15.8. The van der Waals surface area contributed by atoms with Gasteiger partial charge in [0, 0.05) is 21.8 Å². The summed E-state index contributed by atoms with van der Waals surface area (Å²) in [6, 6.07) is 18.6. The Morgan fingerprint density at radius 3 is 2.52 bits per heavy atom. The molecular weight excluding hydrogens is 501 g/mol. The molecule has 3 heterocycles. The number of nitrogens with one attached hydrogen (secondary N) is 1. The lowest BCUT2D eigenvalue weighted by atomic mass is 10.0. The molecule has 5 nitrogen and oxygen atoms in total. The van der Waals surface area contributed by atoms with Crippen LogP contribution in [0.4, 0.5) is 5.69 Å². The highest BCUT2D eigenvalue weighted by Gasteiger charge is 2.43. The average molecular weight is 517 g/mol. The van der Waals surface area contributed by atoms with E-state index in [1.165, 1.54) is 6.07 Å². The number of halogens is 3. The summed E-state index contributed by atoms with van der Waals surface area (Å²) in [5.74, 6) is 1.24. The molecular formula is C24H16Cl3N3O2S. The van der Waals surface area contributed by atoms with Crippen LogP contribution in [0.1, 0.15) is 23.5 Å². The van der Waals surface area contributed by atoms with Crippen molar-refractivity contribution >= 4 is 57.8 Å². The fraction of sp³-hybridized carbons (Fsp3) is 0.0833. The number of hydrogen-bond acceptors (Lipinski definition) is 4. The van der Waals surface area contributed by atoms with E-state index in [2.05, 4.69) is 10.3 Å². The summed E-state index contributed by atoms with van der Waals surface area (Å²) < 4.78 is 6.29. The molecule has 0 aliphatic carbocycles. The maximum atomic E-state index is 10.6. The Bertz CT molecular complexity index is 1350. The number of anilines is 1. The van der Waals surface area contributed by atoms with Crippen molar-refractivity contribution in [2.45, 2.75) is 12.1 Å². The summed E-state index contributed by atoms with van der Waals surface area (Å²) in [6.45, 7) is 0. The number of aromatic hydroxyl groups is 1. The van der Waals surface area contributed by atoms with Crippen LogP contribution in [-0.2, 0) is 0 Å². The number of pyridine rings is 1. The smallest absolute Gasteiger partial charge is 0.174 e. The lowest BCUT2D eigenvalue weighted by molar-refractivity contribution is 0.434. The molecule has 5 rings (SSSR count).